The maximum Gasteiger partial charge on any atom is 0.367 e. The average molecular weight is 387 g/mol. The van der Waals surface area contributed by atoms with Crippen LogP contribution in [0.2, 0.25) is 10.0 Å². The summed E-state index contributed by atoms with van der Waals surface area (Å²) in [6, 6.07) is 12.8. The van der Waals surface area contributed by atoms with E-state index in [0.717, 1.165) is 41.4 Å². The number of halogens is 2. The van der Waals surface area contributed by atoms with E-state index < -0.39 is 5.97 Å². The third-order valence-electron chi connectivity index (χ3n) is 4.73. The smallest absolute Gasteiger partial charge is 0.347 e. The van der Waals surface area contributed by atoms with Gasteiger partial charge in [-0.3, -0.25) is 0 Å². The van der Waals surface area contributed by atoms with Crippen LogP contribution in [0.25, 0.3) is 10.9 Å². The topological polar surface area (TPSA) is 43.6 Å². The predicted octanol–water partition coefficient (Wildman–Crippen LogP) is 5.38. The number of aryl methyl sites for hydroxylation is 1. The molecule has 0 bridgehead atoms. The van der Waals surface area contributed by atoms with Gasteiger partial charge < -0.3 is 9.40 Å². The first-order valence-electron chi connectivity index (χ1n) is 8.36. The van der Waals surface area contributed by atoms with Crippen molar-refractivity contribution < 1.29 is 9.63 Å². The van der Waals surface area contributed by atoms with Crippen molar-refractivity contribution in [3.8, 4) is 0 Å². The lowest BCUT2D eigenvalue weighted by Gasteiger charge is -2.15. The molecule has 0 amide bonds. The summed E-state index contributed by atoms with van der Waals surface area (Å²) >= 11 is 11.9. The van der Waals surface area contributed by atoms with E-state index in [-0.39, 0.29) is 10.6 Å². The van der Waals surface area contributed by atoms with Crippen LogP contribution in [-0.2, 0) is 18.3 Å². The highest BCUT2D eigenvalue weighted by molar-refractivity contribution is 6.36. The van der Waals surface area contributed by atoms with Crippen molar-refractivity contribution in [1.29, 1.82) is 0 Å². The maximum atomic E-state index is 12.3. The zero-order valence-electron chi connectivity index (χ0n) is 14.1. The Kier molecular flexibility index (Phi) is 4.47. The largest absolute Gasteiger partial charge is 0.367 e. The van der Waals surface area contributed by atoms with Crippen LogP contribution in [0.3, 0.4) is 0 Å². The van der Waals surface area contributed by atoms with Crippen LogP contribution in [0.5, 0.6) is 0 Å². The fourth-order valence-corrected chi connectivity index (χ4v) is 3.99. The van der Waals surface area contributed by atoms with Crippen molar-refractivity contribution in [2.24, 2.45) is 12.2 Å². The number of carbonyl (C=O) groups is 1. The molecule has 1 heterocycles. The highest BCUT2D eigenvalue weighted by Crippen LogP contribution is 2.32. The SMILES string of the molecule is Cn1c2c(c3ccccc31)C(=NOC(=O)c1ccc(Cl)cc1Cl)CCC2. The molecule has 2 aromatic carbocycles. The first-order chi connectivity index (χ1) is 12.6. The number of carbonyl (C=O) groups excluding carboxylic acids is 1. The summed E-state index contributed by atoms with van der Waals surface area (Å²) in [5.74, 6) is -0.591. The Morgan fingerprint density at radius 3 is 2.77 bits per heavy atom. The van der Waals surface area contributed by atoms with Gasteiger partial charge in [0.1, 0.15) is 0 Å². The molecule has 0 saturated heterocycles. The van der Waals surface area contributed by atoms with Gasteiger partial charge in [0.15, 0.2) is 0 Å². The monoisotopic (exact) mass is 386 g/mol. The first-order valence-corrected chi connectivity index (χ1v) is 9.12. The molecule has 4 nitrogen and oxygen atoms in total. The van der Waals surface area contributed by atoms with Crippen LogP contribution < -0.4 is 0 Å². The zero-order valence-corrected chi connectivity index (χ0v) is 15.6. The number of aromatic nitrogens is 1. The molecule has 3 aromatic rings. The summed E-state index contributed by atoms with van der Waals surface area (Å²) in [5, 5.41) is 6.03. The van der Waals surface area contributed by atoms with E-state index in [2.05, 4.69) is 28.9 Å². The lowest BCUT2D eigenvalue weighted by Crippen LogP contribution is -2.14. The second-order valence-corrected chi connectivity index (χ2v) is 7.14. The van der Waals surface area contributed by atoms with Gasteiger partial charge in [-0.05, 0) is 43.5 Å². The van der Waals surface area contributed by atoms with Gasteiger partial charge in [0.05, 0.1) is 16.3 Å². The van der Waals surface area contributed by atoms with Gasteiger partial charge in [0.2, 0.25) is 0 Å². The second-order valence-electron chi connectivity index (χ2n) is 6.29. The van der Waals surface area contributed by atoms with Crippen molar-refractivity contribution in [3.05, 3.63) is 69.3 Å². The van der Waals surface area contributed by atoms with Crippen LogP contribution in [-0.4, -0.2) is 16.2 Å². The standard InChI is InChI=1S/C20H16Cl2N2O2/c1-24-17-7-3-2-5-14(17)19-16(6-4-8-18(19)24)23-26-20(25)13-10-9-12(21)11-15(13)22/h2-3,5,7,9-11H,4,6,8H2,1H3. The minimum Gasteiger partial charge on any atom is -0.347 e. The van der Waals surface area contributed by atoms with Crippen LogP contribution >= 0.6 is 23.2 Å². The minimum absolute atomic E-state index is 0.245. The van der Waals surface area contributed by atoms with Crippen molar-refractivity contribution in [1.82, 2.24) is 4.57 Å². The molecule has 0 saturated carbocycles. The van der Waals surface area contributed by atoms with E-state index in [9.17, 15) is 4.79 Å². The number of hydrogen-bond acceptors (Lipinski definition) is 3. The Balaban J connectivity index is 1.70. The lowest BCUT2D eigenvalue weighted by atomic mass is 9.93. The average Bonchev–Trinajstić information content (AvgIpc) is 2.93. The van der Waals surface area contributed by atoms with Gasteiger partial charge in [-0.15, -0.1) is 0 Å². The van der Waals surface area contributed by atoms with Crippen LogP contribution in [0.1, 0.15) is 34.5 Å². The molecule has 1 aromatic heterocycles. The summed E-state index contributed by atoms with van der Waals surface area (Å²) < 4.78 is 2.19. The van der Waals surface area contributed by atoms with Gasteiger partial charge in [-0.2, -0.15) is 0 Å². The fourth-order valence-electron chi connectivity index (χ4n) is 3.50. The molecule has 132 valence electrons. The van der Waals surface area contributed by atoms with Crippen molar-refractivity contribution in [2.45, 2.75) is 19.3 Å². The fraction of sp³-hybridized carbons (Fsp3) is 0.200. The summed E-state index contributed by atoms with van der Waals surface area (Å²) in [7, 11) is 2.06. The quantitative estimate of drug-likeness (QED) is 0.438. The Labute approximate surface area is 161 Å². The summed E-state index contributed by atoms with van der Waals surface area (Å²) in [5.41, 5.74) is 4.48. The Morgan fingerprint density at radius 2 is 1.96 bits per heavy atom. The highest BCUT2D eigenvalue weighted by atomic mass is 35.5. The van der Waals surface area contributed by atoms with E-state index in [4.69, 9.17) is 28.0 Å². The van der Waals surface area contributed by atoms with Gasteiger partial charge in [0, 0.05) is 34.2 Å². The number of benzene rings is 2. The number of nitrogens with zero attached hydrogens (tertiary/aromatic N) is 2. The highest BCUT2D eigenvalue weighted by Gasteiger charge is 2.24. The Hall–Kier alpha value is -2.30. The molecule has 0 spiro atoms. The van der Waals surface area contributed by atoms with E-state index in [1.807, 2.05) is 12.1 Å². The van der Waals surface area contributed by atoms with Crippen LogP contribution in [0.4, 0.5) is 0 Å². The van der Waals surface area contributed by atoms with Gasteiger partial charge in [-0.1, -0.05) is 46.6 Å². The molecule has 1 aliphatic carbocycles. The third kappa shape index (κ3) is 2.89. The van der Waals surface area contributed by atoms with E-state index in [0.29, 0.717) is 5.02 Å². The molecular formula is C20H16Cl2N2O2. The normalized spacial score (nSPS) is 15.3. The number of hydrogen-bond donors (Lipinski definition) is 0. The summed E-state index contributed by atoms with van der Waals surface area (Å²) in [6.45, 7) is 0. The molecule has 26 heavy (non-hydrogen) atoms. The molecule has 0 unspecified atom stereocenters. The van der Waals surface area contributed by atoms with Crippen molar-refractivity contribution in [3.63, 3.8) is 0 Å². The van der Waals surface area contributed by atoms with Gasteiger partial charge in [-0.25, -0.2) is 4.79 Å². The maximum absolute atomic E-state index is 12.3. The molecule has 1 aliphatic rings. The second kappa shape index (κ2) is 6.78. The number of para-hydroxylation sites is 1. The molecule has 0 atom stereocenters. The Bertz CT molecular complexity index is 1050. The summed E-state index contributed by atoms with van der Waals surface area (Å²) in [6.07, 6.45) is 2.72. The third-order valence-corrected chi connectivity index (χ3v) is 5.28. The van der Waals surface area contributed by atoms with E-state index in [1.54, 1.807) is 6.07 Å². The van der Waals surface area contributed by atoms with Crippen molar-refractivity contribution in [2.75, 3.05) is 0 Å². The number of fused-ring (bicyclic) bond motifs is 3. The number of oxime groups is 1. The molecular weight excluding hydrogens is 371 g/mol. The van der Waals surface area contributed by atoms with Gasteiger partial charge >= 0.3 is 5.97 Å². The first kappa shape index (κ1) is 17.1. The molecule has 6 heteroatoms. The summed E-state index contributed by atoms with van der Waals surface area (Å²) in [4.78, 5) is 17.6. The molecule has 0 N–H and O–H groups in total. The number of rotatable bonds is 2. The molecule has 0 radical (unpaired) electrons. The van der Waals surface area contributed by atoms with Crippen LogP contribution in [0, 0.1) is 0 Å². The molecule has 0 aliphatic heterocycles. The molecule has 4 rings (SSSR count). The van der Waals surface area contributed by atoms with E-state index in [1.165, 1.54) is 17.8 Å². The lowest BCUT2D eigenvalue weighted by molar-refractivity contribution is 0.0515. The van der Waals surface area contributed by atoms with Gasteiger partial charge in [0.25, 0.3) is 0 Å². The van der Waals surface area contributed by atoms with E-state index >= 15 is 0 Å². The Morgan fingerprint density at radius 1 is 1.15 bits per heavy atom. The van der Waals surface area contributed by atoms with Crippen LogP contribution in [0.15, 0.2) is 47.6 Å². The predicted molar refractivity (Wildman–Crippen MR) is 104 cm³/mol. The van der Waals surface area contributed by atoms with Crippen molar-refractivity contribution >= 4 is 45.8 Å². The minimum atomic E-state index is -0.591. The molecule has 0 fully saturated rings. The zero-order chi connectivity index (χ0) is 18.3.